The molecule has 1 amide bonds. The summed E-state index contributed by atoms with van der Waals surface area (Å²) in [5.74, 6) is 2.05. The lowest BCUT2D eigenvalue weighted by atomic mass is 10.2. The first-order valence-electron chi connectivity index (χ1n) is 9.66. The maximum Gasteiger partial charge on any atom is 0.291 e. The molecule has 3 rings (SSSR count). The van der Waals surface area contributed by atoms with E-state index in [4.69, 9.17) is 15.2 Å². The van der Waals surface area contributed by atoms with E-state index in [1.165, 1.54) is 0 Å². The standard InChI is InChI=1S/C21H29N5O3/c1-13-14(2)23-19(24-20(13)26-9-8-16(22)12-26)21(27)25(3)11-15-6-7-17(28-4)18(10-15)29-5/h6-7,10,16H,8-9,11-12,22H2,1-5H3/t16-/m1/s1. The summed E-state index contributed by atoms with van der Waals surface area (Å²) in [6.45, 7) is 5.87. The third-order valence-corrected chi connectivity index (χ3v) is 5.29. The van der Waals surface area contributed by atoms with Crippen LogP contribution in [0.5, 0.6) is 11.5 Å². The highest BCUT2D eigenvalue weighted by Crippen LogP contribution is 2.28. The predicted octanol–water partition coefficient (Wildman–Crippen LogP) is 1.92. The van der Waals surface area contributed by atoms with Gasteiger partial charge in [0.15, 0.2) is 11.5 Å². The Bertz CT molecular complexity index is 902. The molecule has 1 atom stereocenters. The van der Waals surface area contributed by atoms with Gasteiger partial charge in [-0.2, -0.15) is 0 Å². The fourth-order valence-electron chi connectivity index (χ4n) is 3.49. The third kappa shape index (κ3) is 4.42. The number of ether oxygens (including phenoxy) is 2. The van der Waals surface area contributed by atoms with Crippen molar-refractivity contribution in [3.8, 4) is 11.5 Å². The van der Waals surface area contributed by atoms with Crippen LogP contribution in [-0.2, 0) is 6.54 Å². The number of hydrogen-bond donors (Lipinski definition) is 1. The normalized spacial score (nSPS) is 16.1. The molecule has 0 saturated carbocycles. The summed E-state index contributed by atoms with van der Waals surface area (Å²) in [7, 11) is 4.92. The molecule has 8 nitrogen and oxygen atoms in total. The molecule has 156 valence electrons. The van der Waals surface area contributed by atoms with Crippen molar-refractivity contribution in [2.75, 3.05) is 39.3 Å². The molecule has 2 aromatic rings. The SMILES string of the molecule is COc1ccc(CN(C)C(=O)c2nc(C)c(C)c(N3CC[C@@H](N)C3)n2)cc1OC. The van der Waals surface area contributed by atoms with Gasteiger partial charge in [0.2, 0.25) is 5.82 Å². The monoisotopic (exact) mass is 399 g/mol. The summed E-state index contributed by atoms with van der Waals surface area (Å²) in [5.41, 5.74) is 8.76. The number of nitrogens with zero attached hydrogens (tertiary/aromatic N) is 4. The number of aryl methyl sites for hydroxylation is 1. The summed E-state index contributed by atoms with van der Waals surface area (Å²) < 4.78 is 10.6. The van der Waals surface area contributed by atoms with Gasteiger partial charge in [-0.1, -0.05) is 6.07 Å². The summed E-state index contributed by atoms with van der Waals surface area (Å²) in [6.07, 6.45) is 0.922. The van der Waals surface area contributed by atoms with Crippen molar-refractivity contribution in [2.24, 2.45) is 5.73 Å². The Labute approximate surface area is 171 Å². The maximum atomic E-state index is 13.0. The molecule has 1 saturated heterocycles. The van der Waals surface area contributed by atoms with Crippen molar-refractivity contribution in [1.82, 2.24) is 14.9 Å². The largest absolute Gasteiger partial charge is 0.493 e. The fourth-order valence-corrected chi connectivity index (χ4v) is 3.49. The quantitative estimate of drug-likeness (QED) is 0.793. The Balaban J connectivity index is 1.81. The van der Waals surface area contributed by atoms with Gasteiger partial charge in [0.1, 0.15) is 5.82 Å². The first-order chi connectivity index (χ1) is 13.8. The lowest BCUT2D eigenvalue weighted by Crippen LogP contribution is -2.31. The number of nitrogens with two attached hydrogens (primary N) is 1. The molecule has 0 radical (unpaired) electrons. The molecule has 1 aromatic carbocycles. The van der Waals surface area contributed by atoms with E-state index in [-0.39, 0.29) is 17.8 Å². The summed E-state index contributed by atoms with van der Waals surface area (Å²) >= 11 is 0. The van der Waals surface area contributed by atoms with Crippen LogP contribution in [0.1, 0.15) is 33.9 Å². The molecule has 1 aromatic heterocycles. The number of anilines is 1. The van der Waals surface area contributed by atoms with Crippen LogP contribution in [0.3, 0.4) is 0 Å². The summed E-state index contributed by atoms with van der Waals surface area (Å²) in [4.78, 5) is 25.8. The third-order valence-electron chi connectivity index (χ3n) is 5.29. The van der Waals surface area contributed by atoms with E-state index < -0.39 is 0 Å². The van der Waals surface area contributed by atoms with E-state index in [1.54, 1.807) is 26.2 Å². The highest BCUT2D eigenvalue weighted by molar-refractivity contribution is 5.90. The van der Waals surface area contributed by atoms with E-state index >= 15 is 0 Å². The Hall–Kier alpha value is -2.87. The van der Waals surface area contributed by atoms with Crippen LogP contribution in [0.4, 0.5) is 5.82 Å². The molecule has 0 unspecified atom stereocenters. The number of rotatable bonds is 6. The maximum absolute atomic E-state index is 13.0. The van der Waals surface area contributed by atoms with E-state index in [0.29, 0.717) is 18.0 Å². The Morgan fingerprint density at radius 1 is 1.24 bits per heavy atom. The van der Waals surface area contributed by atoms with Gasteiger partial charge >= 0.3 is 0 Å². The lowest BCUT2D eigenvalue weighted by molar-refractivity contribution is 0.0772. The number of methoxy groups -OCH3 is 2. The van der Waals surface area contributed by atoms with Crippen LogP contribution in [-0.4, -0.2) is 61.2 Å². The van der Waals surface area contributed by atoms with Crippen LogP contribution in [0.2, 0.25) is 0 Å². The zero-order valence-corrected chi connectivity index (χ0v) is 17.7. The second-order valence-electron chi connectivity index (χ2n) is 7.43. The van der Waals surface area contributed by atoms with Crippen LogP contribution >= 0.6 is 0 Å². The highest BCUT2D eigenvalue weighted by Gasteiger charge is 2.25. The van der Waals surface area contributed by atoms with Crippen LogP contribution in [0, 0.1) is 13.8 Å². The zero-order valence-electron chi connectivity index (χ0n) is 17.7. The Morgan fingerprint density at radius 3 is 2.59 bits per heavy atom. The van der Waals surface area contributed by atoms with Crippen LogP contribution < -0.4 is 20.1 Å². The smallest absolute Gasteiger partial charge is 0.291 e. The average molecular weight is 399 g/mol. The molecule has 1 fully saturated rings. The van der Waals surface area contributed by atoms with Crippen LogP contribution in [0.15, 0.2) is 18.2 Å². The van der Waals surface area contributed by atoms with Crippen molar-refractivity contribution in [2.45, 2.75) is 32.9 Å². The predicted molar refractivity (Wildman–Crippen MR) is 112 cm³/mol. The van der Waals surface area contributed by atoms with Gasteiger partial charge in [0.25, 0.3) is 5.91 Å². The fraction of sp³-hybridized carbons (Fsp3) is 0.476. The molecule has 0 bridgehead atoms. The summed E-state index contributed by atoms with van der Waals surface area (Å²) in [5, 5.41) is 0. The number of carbonyl (C=O) groups excluding carboxylic acids is 1. The van der Waals surface area contributed by atoms with Crippen LogP contribution in [0.25, 0.3) is 0 Å². The van der Waals surface area contributed by atoms with Crippen molar-refractivity contribution in [3.63, 3.8) is 0 Å². The second kappa shape index (κ2) is 8.65. The average Bonchev–Trinajstić information content (AvgIpc) is 3.15. The van der Waals surface area contributed by atoms with Gasteiger partial charge in [0, 0.05) is 44.0 Å². The first-order valence-corrected chi connectivity index (χ1v) is 9.66. The molecule has 1 aliphatic rings. The van der Waals surface area contributed by atoms with Gasteiger partial charge in [-0.25, -0.2) is 9.97 Å². The van der Waals surface area contributed by atoms with E-state index in [2.05, 4.69) is 14.9 Å². The molecule has 2 heterocycles. The molecule has 8 heteroatoms. The minimum Gasteiger partial charge on any atom is -0.493 e. The van der Waals surface area contributed by atoms with Gasteiger partial charge in [-0.05, 0) is 38.0 Å². The molecule has 0 spiro atoms. The number of aromatic nitrogens is 2. The van der Waals surface area contributed by atoms with Gasteiger partial charge < -0.3 is 25.0 Å². The number of hydrogen-bond acceptors (Lipinski definition) is 7. The Kier molecular flexibility index (Phi) is 6.22. The first kappa shape index (κ1) is 20.9. The molecule has 0 aliphatic carbocycles. The lowest BCUT2D eigenvalue weighted by Gasteiger charge is -2.22. The number of benzene rings is 1. The molecule has 29 heavy (non-hydrogen) atoms. The highest BCUT2D eigenvalue weighted by atomic mass is 16.5. The van der Waals surface area contributed by atoms with Crippen molar-refractivity contribution >= 4 is 11.7 Å². The topological polar surface area (TPSA) is 93.8 Å². The van der Waals surface area contributed by atoms with E-state index in [9.17, 15) is 4.79 Å². The van der Waals surface area contributed by atoms with E-state index in [0.717, 1.165) is 42.1 Å². The number of amides is 1. The molecule has 2 N–H and O–H groups in total. The zero-order chi connectivity index (χ0) is 21.1. The molecular formula is C21H29N5O3. The minimum atomic E-state index is -0.229. The van der Waals surface area contributed by atoms with Gasteiger partial charge in [-0.3, -0.25) is 4.79 Å². The van der Waals surface area contributed by atoms with Crippen molar-refractivity contribution in [3.05, 3.63) is 40.8 Å². The molecular weight excluding hydrogens is 370 g/mol. The number of carbonyl (C=O) groups is 1. The van der Waals surface area contributed by atoms with Crippen molar-refractivity contribution < 1.29 is 14.3 Å². The minimum absolute atomic E-state index is 0.136. The van der Waals surface area contributed by atoms with Gasteiger partial charge in [-0.15, -0.1) is 0 Å². The van der Waals surface area contributed by atoms with Crippen molar-refractivity contribution in [1.29, 1.82) is 0 Å². The Morgan fingerprint density at radius 2 is 1.97 bits per heavy atom. The molecule has 1 aliphatic heterocycles. The van der Waals surface area contributed by atoms with Gasteiger partial charge in [0.05, 0.1) is 14.2 Å². The summed E-state index contributed by atoms with van der Waals surface area (Å²) in [6, 6.07) is 5.73. The second-order valence-corrected chi connectivity index (χ2v) is 7.43. The van der Waals surface area contributed by atoms with E-state index in [1.807, 2.05) is 32.0 Å².